The van der Waals surface area contributed by atoms with Crippen LogP contribution in [0.3, 0.4) is 0 Å². The molecule has 3 fully saturated rings. The van der Waals surface area contributed by atoms with Crippen LogP contribution in [0.15, 0.2) is 12.2 Å². The molecule has 0 radical (unpaired) electrons. The van der Waals surface area contributed by atoms with Crippen molar-refractivity contribution in [2.45, 2.75) is 135 Å². The lowest BCUT2D eigenvalue weighted by atomic mass is 9.68. The van der Waals surface area contributed by atoms with Gasteiger partial charge >= 0.3 is 0 Å². The summed E-state index contributed by atoms with van der Waals surface area (Å²) in [6.07, 6.45) is 25.9. The molecule has 0 heterocycles. The minimum atomic E-state index is 0.134. The second kappa shape index (κ2) is 13.2. The average molecular weight is 444 g/mol. The first-order valence-electron chi connectivity index (χ1n) is 14.4. The number of carbonyl (C=O) groups excluding carboxylic acids is 1. The molecule has 1 amide bonds. The Morgan fingerprint density at radius 1 is 0.719 bits per heavy atom. The van der Waals surface area contributed by atoms with Crippen LogP contribution >= 0.6 is 0 Å². The summed E-state index contributed by atoms with van der Waals surface area (Å²) >= 11 is 0. The molecule has 2 nitrogen and oxygen atoms in total. The first-order chi connectivity index (χ1) is 15.5. The summed E-state index contributed by atoms with van der Waals surface area (Å²) < 4.78 is 0. The first kappa shape index (κ1) is 25.8. The van der Waals surface area contributed by atoms with Gasteiger partial charge in [-0.3, -0.25) is 4.79 Å². The van der Waals surface area contributed by atoms with E-state index in [1.165, 1.54) is 116 Å². The monoisotopic (exact) mass is 443 g/mol. The largest absolute Gasteiger partial charge is 0.339 e. The molecule has 3 aliphatic carbocycles. The SMILES string of the molecule is C=C(C)C(=O)N(C)C1CCC(CCC2CCC(C3CCC(CCCCC)CC3)CC2)CC1. The molecule has 3 rings (SSSR count). The predicted octanol–water partition coefficient (Wildman–Crippen LogP) is 8.55. The van der Waals surface area contributed by atoms with Gasteiger partial charge in [0, 0.05) is 18.7 Å². The summed E-state index contributed by atoms with van der Waals surface area (Å²) in [5.74, 6) is 5.22. The fourth-order valence-corrected chi connectivity index (χ4v) is 7.34. The zero-order chi connectivity index (χ0) is 22.9. The van der Waals surface area contributed by atoms with Crippen LogP contribution in [-0.2, 0) is 4.79 Å². The van der Waals surface area contributed by atoms with Crippen LogP contribution in [0.5, 0.6) is 0 Å². The molecular formula is C30H53NO. The maximum atomic E-state index is 12.2. The van der Waals surface area contributed by atoms with Crippen LogP contribution in [0.1, 0.15) is 129 Å². The van der Waals surface area contributed by atoms with Crippen LogP contribution < -0.4 is 0 Å². The summed E-state index contributed by atoms with van der Waals surface area (Å²) in [7, 11) is 1.97. The number of likely N-dealkylation sites (N-methyl/N-ethyl adjacent to an activating group) is 1. The highest BCUT2D eigenvalue weighted by Crippen LogP contribution is 2.43. The quantitative estimate of drug-likeness (QED) is 0.244. The zero-order valence-corrected chi connectivity index (χ0v) is 21.8. The molecule has 3 aliphatic rings. The molecule has 0 bridgehead atoms. The van der Waals surface area contributed by atoms with Crippen molar-refractivity contribution in [3.8, 4) is 0 Å². The average Bonchev–Trinajstić information content (AvgIpc) is 2.83. The molecule has 0 aromatic rings. The van der Waals surface area contributed by atoms with Crippen LogP contribution in [0.4, 0.5) is 0 Å². The number of nitrogens with zero attached hydrogens (tertiary/aromatic N) is 1. The van der Waals surface area contributed by atoms with Gasteiger partial charge in [0.15, 0.2) is 0 Å². The molecule has 0 N–H and O–H groups in total. The Labute approximate surface area is 200 Å². The van der Waals surface area contributed by atoms with Crippen molar-refractivity contribution in [2.75, 3.05) is 7.05 Å². The number of carbonyl (C=O) groups is 1. The highest BCUT2D eigenvalue weighted by atomic mass is 16.2. The molecule has 0 aromatic heterocycles. The van der Waals surface area contributed by atoms with Crippen molar-refractivity contribution in [3.63, 3.8) is 0 Å². The Morgan fingerprint density at radius 2 is 1.16 bits per heavy atom. The molecule has 184 valence electrons. The van der Waals surface area contributed by atoms with E-state index in [9.17, 15) is 4.79 Å². The molecule has 0 unspecified atom stereocenters. The highest BCUT2D eigenvalue weighted by molar-refractivity contribution is 5.92. The van der Waals surface area contributed by atoms with E-state index >= 15 is 0 Å². The number of unbranched alkanes of at least 4 members (excludes halogenated alkanes) is 2. The normalized spacial score (nSPS) is 33.6. The molecule has 2 heteroatoms. The van der Waals surface area contributed by atoms with Crippen molar-refractivity contribution >= 4 is 5.91 Å². The molecule has 0 aliphatic heterocycles. The van der Waals surface area contributed by atoms with E-state index in [0.717, 1.165) is 29.6 Å². The van der Waals surface area contributed by atoms with E-state index in [1.54, 1.807) is 0 Å². The van der Waals surface area contributed by atoms with Crippen LogP contribution in [0, 0.1) is 29.6 Å². The minimum absolute atomic E-state index is 0.134. The maximum absolute atomic E-state index is 12.2. The van der Waals surface area contributed by atoms with E-state index < -0.39 is 0 Å². The van der Waals surface area contributed by atoms with Crippen LogP contribution in [-0.4, -0.2) is 23.9 Å². The summed E-state index contributed by atoms with van der Waals surface area (Å²) in [6, 6.07) is 0.438. The van der Waals surface area contributed by atoms with Gasteiger partial charge in [0.1, 0.15) is 0 Å². The fraction of sp³-hybridized carbons (Fsp3) is 0.900. The van der Waals surface area contributed by atoms with Gasteiger partial charge in [-0.1, -0.05) is 77.7 Å². The summed E-state index contributed by atoms with van der Waals surface area (Å²) in [4.78, 5) is 14.1. The highest BCUT2D eigenvalue weighted by Gasteiger charge is 2.31. The summed E-state index contributed by atoms with van der Waals surface area (Å²) in [6.45, 7) is 7.99. The Morgan fingerprint density at radius 3 is 1.59 bits per heavy atom. The van der Waals surface area contributed by atoms with Crippen molar-refractivity contribution in [1.29, 1.82) is 0 Å². The van der Waals surface area contributed by atoms with Crippen LogP contribution in [0.2, 0.25) is 0 Å². The number of amides is 1. The molecular weight excluding hydrogens is 390 g/mol. The topological polar surface area (TPSA) is 20.3 Å². The van der Waals surface area contributed by atoms with E-state index in [-0.39, 0.29) is 5.91 Å². The van der Waals surface area contributed by atoms with Gasteiger partial charge in [-0.25, -0.2) is 0 Å². The predicted molar refractivity (Wildman–Crippen MR) is 138 cm³/mol. The van der Waals surface area contributed by atoms with Gasteiger partial charge in [0.05, 0.1) is 0 Å². The van der Waals surface area contributed by atoms with Crippen molar-refractivity contribution in [3.05, 3.63) is 12.2 Å². The lowest BCUT2D eigenvalue weighted by Gasteiger charge is -2.38. The summed E-state index contributed by atoms with van der Waals surface area (Å²) in [5, 5.41) is 0. The van der Waals surface area contributed by atoms with Gasteiger partial charge in [0.25, 0.3) is 0 Å². The van der Waals surface area contributed by atoms with Crippen molar-refractivity contribution < 1.29 is 4.79 Å². The van der Waals surface area contributed by atoms with Gasteiger partial charge in [-0.05, 0) is 87.9 Å². The molecule has 0 aromatic carbocycles. The fourth-order valence-electron chi connectivity index (χ4n) is 7.34. The second-order valence-electron chi connectivity index (χ2n) is 12.0. The van der Waals surface area contributed by atoms with Gasteiger partial charge in [0.2, 0.25) is 5.91 Å². The molecule has 0 saturated heterocycles. The Balaban J connectivity index is 1.27. The second-order valence-corrected chi connectivity index (χ2v) is 12.0. The van der Waals surface area contributed by atoms with Crippen LogP contribution in [0.25, 0.3) is 0 Å². The van der Waals surface area contributed by atoms with E-state index in [4.69, 9.17) is 0 Å². The Bertz CT molecular complexity index is 559. The number of hydrogen-bond acceptors (Lipinski definition) is 1. The minimum Gasteiger partial charge on any atom is -0.339 e. The van der Waals surface area contributed by atoms with Crippen molar-refractivity contribution in [1.82, 2.24) is 4.90 Å². The summed E-state index contributed by atoms with van der Waals surface area (Å²) in [5.41, 5.74) is 0.672. The number of hydrogen-bond donors (Lipinski definition) is 0. The maximum Gasteiger partial charge on any atom is 0.248 e. The van der Waals surface area contributed by atoms with Gasteiger partial charge in [-0.15, -0.1) is 0 Å². The third-order valence-electron chi connectivity index (χ3n) is 9.70. The van der Waals surface area contributed by atoms with Gasteiger partial charge in [-0.2, -0.15) is 0 Å². The lowest BCUT2D eigenvalue weighted by molar-refractivity contribution is -0.128. The van der Waals surface area contributed by atoms with E-state index in [2.05, 4.69) is 13.5 Å². The smallest absolute Gasteiger partial charge is 0.248 e. The van der Waals surface area contributed by atoms with Gasteiger partial charge < -0.3 is 4.90 Å². The number of rotatable bonds is 10. The Hall–Kier alpha value is -0.790. The zero-order valence-electron chi connectivity index (χ0n) is 21.8. The first-order valence-corrected chi connectivity index (χ1v) is 14.4. The van der Waals surface area contributed by atoms with Crippen molar-refractivity contribution in [2.24, 2.45) is 29.6 Å². The Kier molecular flexibility index (Phi) is 10.6. The third-order valence-corrected chi connectivity index (χ3v) is 9.70. The van der Waals surface area contributed by atoms with E-state index in [0.29, 0.717) is 11.6 Å². The molecule has 0 spiro atoms. The van der Waals surface area contributed by atoms with E-state index in [1.807, 2.05) is 18.9 Å². The molecule has 3 saturated carbocycles. The molecule has 32 heavy (non-hydrogen) atoms. The lowest BCUT2D eigenvalue weighted by Crippen LogP contribution is -2.39. The molecule has 0 atom stereocenters. The standard InChI is InChI=1S/C30H53NO/c1-5-6-7-8-24-11-17-27(18-12-24)28-19-13-25(14-20-28)9-10-26-15-21-29(22-16-26)31(4)30(32)23(2)3/h24-29H,2,5-22H2,1,3-4H3. The third kappa shape index (κ3) is 7.63.